The molecule has 0 aromatic carbocycles. The molecule has 0 spiro atoms. The number of carbonyl (C=O) groups is 1. The van der Waals surface area contributed by atoms with Crippen molar-refractivity contribution >= 4 is 16.0 Å². The number of hydrogen-bond acceptors (Lipinski definition) is 4. The third kappa shape index (κ3) is 3.63. The maximum atomic E-state index is 11.0. The van der Waals surface area contributed by atoms with E-state index >= 15 is 0 Å². The van der Waals surface area contributed by atoms with Crippen molar-refractivity contribution in [3.63, 3.8) is 0 Å². The van der Waals surface area contributed by atoms with Crippen LogP contribution >= 0.6 is 0 Å². The molecule has 1 heterocycles. The molecule has 1 fully saturated rings. The first kappa shape index (κ1) is 11.5. The van der Waals surface area contributed by atoms with Crippen LogP contribution in [0.4, 0.5) is 0 Å². The van der Waals surface area contributed by atoms with Crippen LogP contribution in [0.15, 0.2) is 0 Å². The molecular formula is C8H15NO4S. The SMILES string of the molecule is CC(=O)N1CCCC(OS(C)(=O)=O)C1. The first-order valence-electron chi connectivity index (χ1n) is 4.52. The average Bonchev–Trinajstić information content (AvgIpc) is 2.01. The normalized spacial score (nSPS) is 23.6. The van der Waals surface area contributed by atoms with E-state index in [2.05, 4.69) is 0 Å². The van der Waals surface area contributed by atoms with Gasteiger partial charge in [0.05, 0.1) is 12.4 Å². The Morgan fingerprint density at radius 3 is 2.64 bits per heavy atom. The molecule has 0 N–H and O–H groups in total. The molecule has 0 radical (unpaired) electrons. The smallest absolute Gasteiger partial charge is 0.264 e. The molecule has 82 valence electrons. The lowest BCUT2D eigenvalue weighted by molar-refractivity contribution is -0.131. The van der Waals surface area contributed by atoms with Crippen LogP contribution in [0.25, 0.3) is 0 Å². The fourth-order valence-corrected chi connectivity index (χ4v) is 2.20. The quantitative estimate of drug-likeness (QED) is 0.614. The highest BCUT2D eigenvalue weighted by atomic mass is 32.2. The molecule has 0 aromatic rings. The van der Waals surface area contributed by atoms with Gasteiger partial charge in [-0.2, -0.15) is 8.42 Å². The second-order valence-corrected chi connectivity index (χ2v) is 5.13. The molecule has 1 unspecified atom stereocenters. The van der Waals surface area contributed by atoms with Crippen molar-refractivity contribution < 1.29 is 17.4 Å². The Labute approximate surface area is 84.2 Å². The molecule has 0 bridgehead atoms. The Morgan fingerprint density at radius 2 is 2.14 bits per heavy atom. The molecule has 1 aliphatic heterocycles. The van der Waals surface area contributed by atoms with E-state index in [1.54, 1.807) is 4.90 Å². The monoisotopic (exact) mass is 221 g/mol. The molecule has 0 saturated carbocycles. The van der Waals surface area contributed by atoms with Gasteiger partial charge >= 0.3 is 0 Å². The van der Waals surface area contributed by atoms with E-state index in [1.807, 2.05) is 0 Å². The molecule has 1 rings (SSSR count). The highest BCUT2D eigenvalue weighted by molar-refractivity contribution is 7.86. The van der Waals surface area contributed by atoms with Gasteiger partial charge in [-0.1, -0.05) is 0 Å². The molecule has 6 heteroatoms. The van der Waals surface area contributed by atoms with E-state index in [0.29, 0.717) is 19.5 Å². The van der Waals surface area contributed by atoms with Crippen LogP contribution in [0.1, 0.15) is 19.8 Å². The molecule has 1 atom stereocenters. The van der Waals surface area contributed by atoms with Crippen molar-refractivity contribution in [3.8, 4) is 0 Å². The second-order valence-electron chi connectivity index (χ2n) is 3.53. The minimum absolute atomic E-state index is 0.0354. The second kappa shape index (κ2) is 4.27. The maximum absolute atomic E-state index is 11.0. The lowest BCUT2D eigenvalue weighted by atomic mass is 10.1. The zero-order valence-corrected chi connectivity index (χ0v) is 9.21. The summed E-state index contributed by atoms with van der Waals surface area (Å²) in [4.78, 5) is 12.6. The van der Waals surface area contributed by atoms with Crippen LogP contribution in [0.2, 0.25) is 0 Å². The lowest BCUT2D eigenvalue weighted by Crippen LogP contribution is -2.42. The van der Waals surface area contributed by atoms with Crippen LogP contribution in [0.3, 0.4) is 0 Å². The van der Waals surface area contributed by atoms with Crippen molar-refractivity contribution in [1.29, 1.82) is 0 Å². The predicted molar refractivity (Wildman–Crippen MR) is 51.2 cm³/mol. The van der Waals surface area contributed by atoms with Gasteiger partial charge < -0.3 is 4.90 Å². The summed E-state index contributed by atoms with van der Waals surface area (Å²) in [6.07, 6.45) is 2.14. The van der Waals surface area contributed by atoms with Crippen molar-refractivity contribution in [3.05, 3.63) is 0 Å². The van der Waals surface area contributed by atoms with Crippen LogP contribution in [0, 0.1) is 0 Å². The van der Waals surface area contributed by atoms with Crippen molar-refractivity contribution in [2.75, 3.05) is 19.3 Å². The molecular weight excluding hydrogens is 206 g/mol. The van der Waals surface area contributed by atoms with Gasteiger partial charge in [-0.3, -0.25) is 8.98 Å². The van der Waals surface area contributed by atoms with E-state index < -0.39 is 10.1 Å². The van der Waals surface area contributed by atoms with Crippen LogP contribution in [-0.4, -0.2) is 44.7 Å². The third-order valence-electron chi connectivity index (χ3n) is 2.13. The molecule has 0 aromatic heterocycles. The van der Waals surface area contributed by atoms with Gasteiger partial charge in [0.2, 0.25) is 5.91 Å². The van der Waals surface area contributed by atoms with Crippen LogP contribution in [0.5, 0.6) is 0 Å². The zero-order valence-electron chi connectivity index (χ0n) is 8.39. The molecule has 1 amide bonds. The van der Waals surface area contributed by atoms with Crippen molar-refractivity contribution in [2.24, 2.45) is 0 Å². The standard InChI is InChI=1S/C8H15NO4S/c1-7(10)9-5-3-4-8(6-9)13-14(2,11)12/h8H,3-6H2,1-2H3. The lowest BCUT2D eigenvalue weighted by Gasteiger charge is -2.31. The molecule has 1 aliphatic rings. The van der Waals surface area contributed by atoms with Gasteiger partial charge in [-0.25, -0.2) is 0 Å². The Hall–Kier alpha value is -0.620. The Bertz CT molecular complexity index is 311. The summed E-state index contributed by atoms with van der Waals surface area (Å²) in [5.41, 5.74) is 0. The summed E-state index contributed by atoms with van der Waals surface area (Å²) in [7, 11) is -3.41. The third-order valence-corrected chi connectivity index (χ3v) is 2.76. The summed E-state index contributed by atoms with van der Waals surface area (Å²) in [5, 5.41) is 0. The number of likely N-dealkylation sites (tertiary alicyclic amines) is 1. The van der Waals surface area contributed by atoms with Gasteiger partial charge in [-0.05, 0) is 12.8 Å². The Morgan fingerprint density at radius 1 is 1.50 bits per heavy atom. The summed E-state index contributed by atoms with van der Waals surface area (Å²) in [6.45, 7) is 2.55. The Kier molecular flexibility index (Phi) is 3.49. The van der Waals surface area contributed by atoms with E-state index in [0.717, 1.165) is 12.7 Å². The number of amides is 1. The number of nitrogens with zero attached hydrogens (tertiary/aromatic N) is 1. The molecule has 1 saturated heterocycles. The number of rotatable bonds is 2. The summed E-state index contributed by atoms with van der Waals surface area (Å²) >= 11 is 0. The number of piperidine rings is 1. The van der Waals surface area contributed by atoms with E-state index in [4.69, 9.17) is 4.18 Å². The molecule has 0 aliphatic carbocycles. The highest BCUT2D eigenvalue weighted by Crippen LogP contribution is 2.14. The Balaban J connectivity index is 2.52. The van der Waals surface area contributed by atoms with Crippen LogP contribution in [-0.2, 0) is 19.1 Å². The largest absolute Gasteiger partial charge is 0.340 e. The number of carbonyl (C=O) groups excluding carboxylic acids is 1. The molecule has 5 nitrogen and oxygen atoms in total. The van der Waals surface area contributed by atoms with Crippen molar-refractivity contribution in [2.45, 2.75) is 25.9 Å². The maximum Gasteiger partial charge on any atom is 0.264 e. The topological polar surface area (TPSA) is 63.7 Å². The summed E-state index contributed by atoms with van der Waals surface area (Å²) in [5.74, 6) is -0.0354. The van der Waals surface area contributed by atoms with E-state index in [1.165, 1.54) is 6.92 Å². The minimum Gasteiger partial charge on any atom is -0.340 e. The van der Waals surface area contributed by atoms with E-state index in [-0.39, 0.29) is 12.0 Å². The average molecular weight is 221 g/mol. The van der Waals surface area contributed by atoms with E-state index in [9.17, 15) is 13.2 Å². The van der Waals surface area contributed by atoms with Gasteiger partial charge in [0.1, 0.15) is 0 Å². The zero-order chi connectivity index (χ0) is 10.8. The van der Waals surface area contributed by atoms with Crippen LogP contribution < -0.4 is 0 Å². The van der Waals surface area contributed by atoms with Gasteiger partial charge in [-0.15, -0.1) is 0 Å². The summed E-state index contributed by atoms with van der Waals surface area (Å²) in [6, 6.07) is 0. The first-order chi connectivity index (χ1) is 6.38. The highest BCUT2D eigenvalue weighted by Gasteiger charge is 2.24. The van der Waals surface area contributed by atoms with Crippen molar-refractivity contribution in [1.82, 2.24) is 4.90 Å². The van der Waals surface area contributed by atoms with Gasteiger partial charge in [0.25, 0.3) is 10.1 Å². The number of hydrogen-bond donors (Lipinski definition) is 0. The molecule has 14 heavy (non-hydrogen) atoms. The fraction of sp³-hybridized carbons (Fsp3) is 0.875. The minimum atomic E-state index is -3.41. The first-order valence-corrected chi connectivity index (χ1v) is 6.34. The fourth-order valence-electron chi connectivity index (χ4n) is 1.55. The van der Waals surface area contributed by atoms with Gasteiger partial charge in [0.15, 0.2) is 0 Å². The van der Waals surface area contributed by atoms with Gasteiger partial charge in [0, 0.05) is 20.0 Å². The summed E-state index contributed by atoms with van der Waals surface area (Å²) < 4.78 is 26.5. The predicted octanol–water partition coefficient (Wildman–Crippen LogP) is -0.0265.